The van der Waals surface area contributed by atoms with Crippen molar-refractivity contribution in [2.24, 2.45) is 0 Å². The first-order valence-corrected chi connectivity index (χ1v) is 6.15. The Morgan fingerprint density at radius 1 is 1.39 bits per heavy atom. The summed E-state index contributed by atoms with van der Waals surface area (Å²) in [5, 5.41) is 3.02. The van der Waals surface area contributed by atoms with Crippen LogP contribution in [0.5, 0.6) is 0 Å². The van der Waals surface area contributed by atoms with Crippen LogP contribution in [0.2, 0.25) is 0 Å². The second-order valence-corrected chi connectivity index (χ2v) is 3.75. The van der Waals surface area contributed by atoms with Crippen LogP contribution in [0.3, 0.4) is 0 Å². The van der Waals surface area contributed by atoms with E-state index in [0.29, 0.717) is 38.7 Å². The van der Waals surface area contributed by atoms with Gasteiger partial charge in [-0.1, -0.05) is 0 Å². The number of aryl methyl sites for hydroxylation is 1. The Bertz CT molecular complexity index is 392. The van der Waals surface area contributed by atoms with E-state index in [4.69, 9.17) is 9.47 Å². The highest BCUT2D eigenvalue weighted by Crippen LogP contribution is 1.93. The highest BCUT2D eigenvalue weighted by Gasteiger charge is 2.02. The van der Waals surface area contributed by atoms with Gasteiger partial charge in [-0.3, -0.25) is 4.79 Å². The molecule has 0 aliphatic carbocycles. The molecule has 0 aliphatic rings. The van der Waals surface area contributed by atoms with Crippen LogP contribution < -0.4 is 10.9 Å². The van der Waals surface area contributed by atoms with E-state index in [0.717, 1.165) is 6.42 Å². The molecule has 6 nitrogen and oxygen atoms in total. The van der Waals surface area contributed by atoms with Gasteiger partial charge in [0.2, 0.25) is 0 Å². The van der Waals surface area contributed by atoms with Gasteiger partial charge in [0.05, 0.1) is 13.2 Å². The largest absolute Gasteiger partial charge is 0.382 e. The lowest BCUT2D eigenvalue weighted by atomic mass is 10.4. The molecule has 0 unspecified atom stereocenters. The Labute approximate surface area is 107 Å². The summed E-state index contributed by atoms with van der Waals surface area (Å²) >= 11 is 0. The summed E-state index contributed by atoms with van der Waals surface area (Å²) in [7, 11) is 1.64. The zero-order valence-electron chi connectivity index (χ0n) is 11.0. The Morgan fingerprint density at radius 3 is 2.94 bits per heavy atom. The Kier molecular flexibility index (Phi) is 7.05. The number of hydrogen-bond donors (Lipinski definition) is 1. The van der Waals surface area contributed by atoms with Crippen molar-refractivity contribution in [1.82, 2.24) is 9.55 Å². The van der Waals surface area contributed by atoms with Crippen LogP contribution in [0, 0.1) is 0 Å². The third-order valence-corrected chi connectivity index (χ3v) is 2.44. The summed E-state index contributed by atoms with van der Waals surface area (Å²) in [5.41, 5.74) is -0.0831. The number of aromatic nitrogens is 2. The molecule has 1 aromatic heterocycles. The number of methoxy groups -OCH3 is 1. The first kappa shape index (κ1) is 14.7. The molecule has 0 saturated carbocycles. The zero-order chi connectivity index (χ0) is 13.2. The molecule has 0 atom stereocenters. The van der Waals surface area contributed by atoms with Gasteiger partial charge in [-0.25, -0.2) is 4.98 Å². The van der Waals surface area contributed by atoms with Crippen molar-refractivity contribution in [3.8, 4) is 0 Å². The predicted molar refractivity (Wildman–Crippen MR) is 70.0 cm³/mol. The van der Waals surface area contributed by atoms with Crippen LogP contribution in [-0.2, 0) is 16.0 Å². The first-order chi connectivity index (χ1) is 8.79. The summed E-state index contributed by atoms with van der Waals surface area (Å²) < 4.78 is 11.8. The van der Waals surface area contributed by atoms with Gasteiger partial charge in [0, 0.05) is 39.2 Å². The second-order valence-electron chi connectivity index (χ2n) is 3.75. The molecule has 0 amide bonds. The van der Waals surface area contributed by atoms with E-state index < -0.39 is 0 Å². The molecule has 18 heavy (non-hydrogen) atoms. The minimum absolute atomic E-state index is 0.0831. The molecule has 1 rings (SSSR count). The van der Waals surface area contributed by atoms with Crippen molar-refractivity contribution in [2.75, 3.05) is 38.8 Å². The van der Waals surface area contributed by atoms with Gasteiger partial charge in [-0.15, -0.1) is 0 Å². The van der Waals surface area contributed by atoms with Crippen LogP contribution in [0.25, 0.3) is 0 Å². The van der Waals surface area contributed by atoms with Crippen LogP contribution in [0.4, 0.5) is 5.82 Å². The van der Waals surface area contributed by atoms with Gasteiger partial charge in [0.25, 0.3) is 5.56 Å². The van der Waals surface area contributed by atoms with Crippen molar-refractivity contribution in [2.45, 2.75) is 19.9 Å². The molecule has 1 N–H and O–H groups in total. The monoisotopic (exact) mass is 255 g/mol. The van der Waals surface area contributed by atoms with E-state index in [1.54, 1.807) is 24.1 Å². The standard InChI is InChI=1S/C12H21N3O3/c1-3-15-7-6-14-11(12(15)16)13-5-4-8-18-10-9-17-2/h6-7H,3-5,8-10H2,1-2H3,(H,13,14). The number of hydrogen-bond acceptors (Lipinski definition) is 5. The van der Waals surface area contributed by atoms with Gasteiger partial charge < -0.3 is 19.4 Å². The molecular formula is C12H21N3O3. The molecule has 6 heteroatoms. The molecule has 0 spiro atoms. The lowest BCUT2D eigenvalue weighted by Crippen LogP contribution is -2.24. The van der Waals surface area contributed by atoms with E-state index in [9.17, 15) is 4.79 Å². The lowest BCUT2D eigenvalue weighted by Gasteiger charge is -2.07. The van der Waals surface area contributed by atoms with Crippen molar-refractivity contribution in [3.63, 3.8) is 0 Å². The average Bonchev–Trinajstić information content (AvgIpc) is 2.39. The molecule has 0 bridgehead atoms. The van der Waals surface area contributed by atoms with Gasteiger partial charge in [-0.2, -0.15) is 0 Å². The Balaban J connectivity index is 2.25. The fraction of sp³-hybridized carbons (Fsp3) is 0.667. The molecular weight excluding hydrogens is 234 g/mol. The molecule has 0 fully saturated rings. The molecule has 0 radical (unpaired) electrons. The quantitative estimate of drug-likeness (QED) is 0.659. The molecule has 0 aliphatic heterocycles. The third kappa shape index (κ3) is 4.85. The fourth-order valence-corrected chi connectivity index (χ4v) is 1.44. The molecule has 1 heterocycles. The lowest BCUT2D eigenvalue weighted by molar-refractivity contribution is 0.0705. The fourth-order valence-electron chi connectivity index (χ4n) is 1.44. The highest BCUT2D eigenvalue weighted by molar-refractivity contribution is 5.30. The summed E-state index contributed by atoms with van der Waals surface area (Å²) in [4.78, 5) is 15.8. The van der Waals surface area contributed by atoms with Crippen molar-refractivity contribution in [3.05, 3.63) is 22.7 Å². The summed E-state index contributed by atoms with van der Waals surface area (Å²) in [6, 6.07) is 0. The zero-order valence-corrected chi connectivity index (χ0v) is 11.0. The number of anilines is 1. The van der Waals surface area contributed by atoms with E-state index in [-0.39, 0.29) is 5.56 Å². The van der Waals surface area contributed by atoms with Crippen molar-refractivity contribution in [1.29, 1.82) is 0 Å². The maximum absolute atomic E-state index is 11.8. The predicted octanol–water partition coefficient (Wildman–Crippen LogP) is 0.728. The molecule has 0 saturated heterocycles. The normalized spacial score (nSPS) is 10.6. The number of nitrogens with zero attached hydrogens (tertiary/aromatic N) is 2. The van der Waals surface area contributed by atoms with Gasteiger partial charge in [-0.05, 0) is 13.3 Å². The minimum Gasteiger partial charge on any atom is -0.382 e. The molecule has 102 valence electrons. The highest BCUT2D eigenvalue weighted by atomic mass is 16.5. The smallest absolute Gasteiger partial charge is 0.293 e. The summed E-state index contributed by atoms with van der Waals surface area (Å²) in [6.07, 6.45) is 4.13. The van der Waals surface area contributed by atoms with E-state index in [1.807, 2.05) is 6.92 Å². The Hall–Kier alpha value is -1.40. The van der Waals surface area contributed by atoms with E-state index in [1.165, 1.54) is 0 Å². The van der Waals surface area contributed by atoms with Gasteiger partial charge in [0.15, 0.2) is 5.82 Å². The topological polar surface area (TPSA) is 65.4 Å². The number of ether oxygens (including phenoxy) is 2. The average molecular weight is 255 g/mol. The van der Waals surface area contributed by atoms with Gasteiger partial charge >= 0.3 is 0 Å². The molecule has 0 aromatic carbocycles. The maximum atomic E-state index is 11.8. The van der Waals surface area contributed by atoms with Crippen molar-refractivity contribution >= 4 is 5.82 Å². The molecule has 1 aromatic rings. The van der Waals surface area contributed by atoms with Crippen molar-refractivity contribution < 1.29 is 9.47 Å². The second kappa shape index (κ2) is 8.66. The number of rotatable bonds is 9. The van der Waals surface area contributed by atoms with Gasteiger partial charge in [0.1, 0.15) is 0 Å². The SMILES string of the molecule is CCn1ccnc(NCCCOCCOC)c1=O. The minimum atomic E-state index is -0.0831. The third-order valence-electron chi connectivity index (χ3n) is 2.44. The van der Waals surface area contributed by atoms with Crippen LogP contribution in [-0.4, -0.2) is 43.0 Å². The van der Waals surface area contributed by atoms with Crippen LogP contribution in [0.15, 0.2) is 17.2 Å². The van der Waals surface area contributed by atoms with Crippen LogP contribution >= 0.6 is 0 Å². The van der Waals surface area contributed by atoms with E-state index >= 15 is 0 Å². The maximum Gasteiger partial charge on any atom is 0.293 e. The number of nitrogens with one attached hydrogen (secondary N) is 1. The summed E-state index contributed by atoms with van der Waals surface area (Å²) in [6.45, 7) is 5.09. The van der Waals surface area contributed by atoms with Crippen LogP contribution in [0.1, 0.15) is 13.3 Å². The van der Waals surface area contributed by atoms with E-state index in [2.05, 4.69) is 10.3 Å². The Morgan fingerprint density at radius 2 is 2.22 bits per heavy atom. The first-order valence-electron chi connectivity index (χ1n) is 6.15. The summed E-state index contributed by atoms with van der Waals surface area (Å²) in [5.74, 6) is 0.399.